The van der Waals surface area contributed by atoms with E-state index in [0.29, 0.717) is 12.5 Å². The number of amides is 1. The predicted molar refractivity (Wildman–Crippen MR) is 115 cm³/mol. The van der Waals surface area contributed by atoms with Crippen LogP contribution in [0.5, 0.6) is 0 Å². The van der Waals surface area contributed by atoms with Crippen molar-refractivity contribution in [3.05, 3.63) is 49.5 Å². The number of thiophene rings is 2. The maximum Gasteiger partial charge on any atom is 0.262 e. The molecule has 0 spiro atoms. The summed E-state index contributed by atoms with van der Waals surface area (Å²) in [5.41, 5.74) is 1.19. The molecule has 1 aliphatic carbocycles. The fourth-order valence-electron chi connectivity index (χ4n) is 3.84. The molecule has 4 rings (SSSR count). The maximum absolute atomic E-state index is 13.0. The van der Waals surface area contributed by atoms with Crippen molar-refractivity contribution in [1.82, 2.24) is 14.9 Å². The van der Waals surface area contributed by atoms with Gasteiger partial charge in [0.25, 0.3) is 5.56 Å². The molecule has 3 heterocycles. The van der Waals surface area contributed by atoms with Crippen LogP contribution >= 0.6 is 22.7 Å². The number of nitrogens with one attached hydrogen (secondary N) is 1. The lowest BCUT2D eigenvalue weighted by molar-refractivity contribution is -0.122. The third kappa shape index (κ3) is 3.78. The van der Waals surface area contributed by atoms with Crippen LogP contribution in [0.4, 0.5) is 0 Å². The molecule has 28 heavy (non-hydrogen) atoms. The zero-order valence-corrected chi connectivity index (χ0v) is 17.9. The van der Waals surface area contributed by atoms with Crippen LogP contribution in [0.25, 0.3) is 10.2 Å². The standard InChI is InChI=1S/C21H25N3O2S2/c1-13(2)19(16-8-5-11-27-16)23-17(25)9-10-24-12-22-20-18(21(24)26)14-6-3-4-7-15(14)28-20/h5,8,11-13,19H,3-4,6-7,9-10H2,1-2H3,(H,23,25). The van der Waals surface area contributed by atoms with Gasteiger partial charge in [-0.05, 0) is 48.6 Å². The van der Waals surface area contributed by atoms with Gasteiger partial charge in [0.1, 0.15) is 4.83 Å². The van der Waals surface area contributed by atoms with Crippen LogP contribution in [0.15, 0.2) is 28.6 Å². The molecule has 0 radical (unpaired) electrons. The van der Waals surface area contributed by atoms with Crippen molar-refractivity contribution in [1.29, 1.82) is 0 Å². The van der Waals surface area contributed by atoms with E-state index in [-0.39, 0.29) is 23.9 Å². The first-order valence-electron chi connectivity index (χ1n) is 9.87. The third-order valence-corrected chi connectivity index (χ3v) is 7.51. The van der Waals surface area contributed by atoms with Crippen LogP contribution in [-0.4, -0.2) is 15.5 Å². The molecule has 3 aromatic rings. The monoisotopic (exact) mass is 415 g/mol. The highest BCUT2D eigenvalue weighted by atomic mass is 32.1. The SMILES string of the molecule is CC(C)C(NC(=O)CCn1cnc2sc3c(c2c1=O)CCCC3)c1cccs1. The van der Waals surface area contributed by atoms with Gasteiger partial charge in [-0.3, -0.25) is 14.2 Å². The summed E-state index contributed by atoms with van der Waals surface area (Å²) in [6.07, 6.45) is 6.21. The normalized spacial score (nSPS) is 15.0. The van der Waals surface area contributed by atoms with Gasteiger partial charge >= 0.3 is 0 Å². The van der Waals surface area contributed by atoms with Crippen molar-refractivity contribution >= 4 is 38.8 Å². The Morgan fingerprint density at radius 1 is 1.32 bits per heavy atom. The Morgan fingerprint density at radius 2 is 2.14 bits per heavy atom. The second kappa shape index (κ2) is 8.17. The minimum Gasteiger partial charge on any atom is -0.348 e. The van der Waals surface area contributed by atoms with Gasteiger partial charge in [0.05, 0.1) is 17.8 Å². The molecule has 148 valence electrons. The van der Waals surface area contributed by atoms with Crippen LogP contribution < -0.4 is 10.9 Å². The molecule has 0 fully saturated rings. The van der Waals surface area contributed by atoms with Gasteiger partial charge < -0.3 is 5.32 Å². The van der Waals surface area contributed by atoms with Crippen LogP contribution in [0.2, 0.25) is 0 Å². The van der Waals surface area contributed by atoms with Gasteiger partial charge in [-0.1, -0.05) is 19.9 Å². The summed E-state index contributed by atoms with van der Waals surface area (Å²) in [7, 11) is 0. The smallest absolute Gasteiger partial charge is 0.262 e. The van der Waals surface area contributed by atoms with E-state index >= 15 is 0 Å². The van der Waals surface area contributed by atoms with E-state index < -0.39 is 0 Å². The molecular formula is C21H25N3O2S2. The van der Waals surface area contributed by atoms with E-state index in [1.807, 2.05) is 11.4 Å². The number of rotatable bonds is 6. The summed E-state index contributed by atoms with van der Waals surface area (Å²) < 4.78 is 1.60. The molecule has 5 nitrogen and oxygen atoms in total. The highest BCUT2D eigenvalue weighted by Crippen LogP contribution is 2.33. The van der Waals surface area contributed by atoms with Crippen LogP contribution in [0, 0.1) is 5.92 Å². The van der Waals surface area contributed by atoms with Gasteiger partial charge in [0, 0.05) is 22.7 Å². The van der Waals surface area contributed by atoms with Crippen molar-refractivity contribution in [3.8, 4) is 0 Å². The fourth-order valence-corrected chi connectivity index (χ4v) is 6.01. The molecule has 1 aliphatic rings. The second-order valence-electron chi connectivity index (χ2n) is 7.69. The summed E-state index contributed by atoms with van der Waals surface area (Å²) in [6, 6.07) is 4.06. The van der Waals surface area contributed by atoms with Crippen molar-refractivity contribution in [2.75, 3.05) is 0 Å². The molecule has 0 saturated heterocycles. The van der Waals surface area contributed by atoms with Gasteiger partial charge in [0.15, 0.2) is 0 Å². The molecule has 1 atom stereocenters. The summed E-state index contributed by atoms with van der Waals surface area (Å²) in [4.78, 5) is 33.4. The predicted octanol–water partition coefficient (Wildman–Crippen LogP) is 4.30. The molecule has 0 saturated carbocycles. The topological polar surface area (TPSA) is 64.0 Å². The minimum atomic E-state index is -0.0357. The zero-order chi connectivity index (χ0) is 19.7. The Hall–Kier alpha value is -1.99. The third-order valence-electron chi connectivity index (χ3n) is 5.35. The number of aryl methyl sites for hydroxylation is 3. The molecule has 1 unspecified atom stereocenters. The van der Waals surface area contributed by atoms with E-state index in [0.717, 1.165) is 34.4 Å². The van der Waals surface area contributed by atoms with E-state index in [1.165, 1.54) is 16.9 Å². The second-order valence-corrected chi connectivity index (χ2v) is 9.75. The maximum atomic E-state index is 13.0. The summed E-state index contributed by atoms with van der Waals surface area (Å²) in [5.74, 6) is 0.270. The average molecular weight is 416 g/mol. The molecular weight excluding hydrogens is 390 g/mol. The number of aromatic nitrogens is 2. The molecule has 3 aromatic heterocycles. The number of hydrogen-bond acceptors (Lipinski definition) is 5. The number of fused-ring (bicyclic) bond motifs is 3. The van der Waals surface area contributed by atoms with Gasteiger partial charge in [-0.15, -0.1) is 22.7 Å². The Morgan fingerprint density at radius 3 is 2.89 bits per heavy atom. The van der Waals surface area contributed by atoms with Gasteiger partial charge in [-0.2, -0.15) is 0 Å². The lowest BCUT2D eigenvalue weighted by Crippen LogP contribution is -2.32. The van der Waals surface area contributed by atoms with E-state index in [4.69, 9.17) is 0 Å². The molecule has 0 bridgehead atoms. The van der Waals surface area contributed by atoms with Crippen molar-refractivity contribution < 1.29 is 4.79 Å². The number of hydrogen-bond donors (Lipinski definition) is 1. The van der Waals surface area contributed by atoms with Crippen LogP contribution in [0.3, 0.4) is 0 Å². The molecule has 7 heteroatoms. The van der Waals surface area contributed by atoms with Crippen molar-refractivity contribution in [2.45, 2.75) is 58.5 Å². The van der Waals surface area contributed by atoms with E-state index in [1.54, 1.807) is 33.6 Å². The van der Waals surface area contributed by atoms with Crippen LogP contribution in [-0.2, 0) is 24.2 Å². The summed E-state index contributed by atoms with van der Waals surface area (Å²) in [6.45, 7) is 4.56. The van der Waals surface area contributed by atoms with Gasteiger partial charge in [0.2, 0.25) is 5.91 Å². The molecule has 1 amide bonds. The lowest BCUT2D eigenvalue weighted by atomic mass is 9.97. The lowest BCUT2D eigenvalue weighted by Gasteiger charge is -2.21. The Balaban J connectivity index is 1.49. The van der Waals surface area contributed by atoms with Crippen molar-refractivity contribution in [2.24, 2.45) is 5.92 Å². The molecule has 0 aromatic carbocycles. The summed E-state index contributed by atoms with van der Waals surface area (Å²) in [5, 5.41) is 5.93. The van der Waals surface area contributed by atoms with Gasteiger partial charge in [-0.25, -0.2) is 4.98 Å². The Bertz CT molecular complexity index is 1030. The number of carbonyl (C=O) groups is 1. The molecule has 1 N–H and O–H groups in total. The minimum absolute atomic E-state index is 0.00383. The first kappa shape index (κ1) is 19.3. The Kier molecular flexibility index (Phi) is 5.64. The Labute approximate surface area is 172 Å². The van der Waals surface area contributed by atoms with Crippen LogP contribution in [0.1, 0.15) is 54.5 Å². The number of nitrogens with zero attached hydrogens (tertiary/aromatic N) is 2. The quantitative estimate of drug-likeness (QED) is 0.653. The van der Waals surface area contributed by atoms with Crippen molar-refractivity contribution in [3.63, 3.8) is 0 Å². The fraction of sp³-hybridized carbons (Fsp3) is 0.476. The largest absolute Gasteiger partial charge is 0.348 e. The highest BCUT2D eigenvalue weighted by molar-refractivity contribution is 7.18. The highest BCUT2D eigenvalue weighted by Gasteiger charge is 2.21. The average Bonchev–Trinajstić information content (AvgIpc) is 3.33. The van der Waals surface area contributed by atoms with E-state index in [2.05, 4.69) is 30.2 Å². The number of carbonyl (C=O) groups excluding carboxylic acids is 1. The van der Waals surface area contributed by atoms with E-state index in [9.17, 15) is 9.59 Å². The molecule has 0 aliphatic heterocycles. The first-order chi connectivity index (χ1) is 13.5. The first-order valence-corrected chi connectivity index (χ1v) is 11.6. The zero-order valence-electron chi connectivity index (χ0n) is 16.2. The summed E-state index contributed by atoms with van der Waals surface area (Å²) >= 11 is 3.31.